The number of likely N-dealkylation sites (N-methyl/N-ethyl adjacent to an activating group) is 1. The van der Waals surface area contributed by atoms with Gasteiger partial charge in [-0.25, -0.2) is 8.42 Å². The van der Waals surface area contributed by atoms with Gasteiger partial charge < -0.3 is 15.5 Å². The number of carbonyl (C=O) groups excluding carboxylic acids is 1. The fraction of sp³-hybridized carbons (Fsp3) is 0.417. The summed E-state index contributed by atoms with van der Waals surface area (Å²) in [5, 5.41) is 0. The van der Waals surface area contributed by atoms with Crippen molar-refractivity contribution in [2.75, 3.05) is 43.6 Å². The Labute approximate surface area is 112 Å². The lowest BCUT2D eigenvalue weighted by Crippen LogP contribution is -2.48. The van der Waals surface area contributed by atoms with E-state index in [1.54, 1.807) is 24.1 Å². The molecule has 0 atom stereocenters. The topological polar surface area (TPSA) is 83.7 Å². The molecule has 0 radical (unpaired) electrons. The Kier molecular flexibility index (Phi) is 3.40. The highest BCUT2D eigenvalue weighted by Gasteiger charge is 2.24. The molecule has 0 aromatic heterocycles. The number of amides is 1. The zero-order valence-electron chi connectivity index (χ0n) is 11.0. The molecule has 0 aliphatic carbocycles. The minimum atomic E-state index is -3.37. The molecule has 19 heavy (non-hydrogen) atoms. The first-order valence-corrected chi connectivity index (χ1v) is 7.77. The molecule has 1 aromatic carbocycles. The number of hydrogen-bond donors (Lipinski definition) is 1. The average molecular weight is 283 g/mol. The Morgan fingerprint density at radius 3 is 2.53 bits per heavy atom. The minimum Gasteiger partial charge on any atom is -0.396 e. The van der Waals surface area contributed by atoms with Gasteiger partial charge in [0.25, 0.3) is 0 Å². The second kappa shape index (κ2) is 4.73. The summed E-state index contributed by atoms with van der Waals surface area (Å²) < 4.78 is 23.3. The number of anilines is 2. The van der Waals surface area contributed by atoms with Crippen LogP contribution >= 0.6 is 0 Å². The van der Waals surface area contributed by atoms with Gasteiger partial charge in [-0.2, -0.15) is 0 Å². The fourth-order valence-corrected chi connectivity index (χ4v) is 2.93. The summed E-state index contributed by atoms with van der Waals surface area (Å²) in [6.07, 6.45) is 1.12. The van der Waals surface area contributed by atoms with E-state index < -0.39 is 9.84 Å². The summed E-state index contributed by atoms with van der Waals surface area (Å²) >= 11 is 0. The predicted molar refractivity (Wildman–Crippen MR) is 73.8 cm³/mol. The number of piperazine rings is 1. The Balaban J connectivity index is 2.39. The summed E-state index contributed by atoms with van der Waals surface area (Å²) in [5.74, 6) is -0.00425. The molecule has 1 amide bonds. The maximum Gasteiger partial charge on any atom is 0.241 e. The number of hydrogen-bond acceptors (Lipinski definition) is 5. The number of carbonyl (C=O) groups is 1. The van der Waals surface area contributed by atoms with Crippen molar-refractivity contribution in [2.24, 2.45) is 0 Å². The molecular formula is C12H17N3O3S. The second-order valence-electron chi connectivity index (χ2n) is 4.70. The number of nitrogen functional groups attached to an aromatic ring is 1. The highest BCUT2D eigenvalue weighted by molar-refractivity contribution is 7.90. The quantitative estimate of drug-likeness (QED) is 0.769. The van der Waals surface area contributed by atoms with E-state index in [1.165, 1.54) is 6.07 Å². The van der Waals surface area contributed by atoms with Gasteiger partial charge in [0, 0.05) is 26.4 Å². The zero-order valence-corrected chi connectivity index (χ0v) is 11.8. The first-order chi connectivity index (χ1) is 8.80. The van der Waals surface area contributed by atoms with Crippen LogP contribution in [0.4, 0.5) is 11.4 Å². The van der Waals surface area contributed by atoms with Crippen molar-refractivity contribution < 1.29 is 13.2 Å². The molecule has 7 heteroatoms. The molecule has 0 unspecified atom stereocenters. The van der Waals surface area contributed by atoms with Crippen LogP contribution in [0.3, 0.4) is 0 Å². The van der Waals surface area contributed by atoms with E-state index in [1.807, 2.05) is 4.90 Å². The van der Waals surface area contributed by atoms with Crippen molar-refractivity contribution in [1.82, 2.24) is 4.90 Å². The Hall–Kier alpha value is -1.76. The van der Waals surface area contributed by atoms with E-state index in [-0.39, 0.29) is 23.0 Å². The molecule has 0 bridgehead atoms. The van der Waals surface area contributed by atoms with E-state index in [4.69, 9.17) is 5.73 Å². The summed E-state index contributed by atoms with van der Waals surface area (Å²) in [5.41, 5.74) is 6.75. The highest BCUT2D eigenvalue weighted by Crippen LogP contribution is 2.30. The van der Waals surface area contributed by atoms with Gasteiger partial charge in [-0.15, -0.1) is 0 Å². The van der Waals surface area contributed by atoms with Crippen LogP contribution < -0.4 is 10.6 Å². The van der Waals surface area contributed by atoms with Crippen molar-refractivity contribution in [3.8, 4) is 0 Å². The van der Waals surface area contributed by atoms with Crippen molar-refractivity contribution in [1.29, 1.82) is 0 Å². The van der Waals surface area contributed by atoms with Gasteiger partial charge in [-0.1, -0.05) is 6.07 Å². The van der Waals surface area contributed by atoms with Gasteiger partial charge >= 0.3 is 0 Å². The molecule has 0 saturated carbocycles. The SMILES string of the molecule is CN1CCN(c2cccc(S(C)(=O)=O)c2N)CC1=O. The lowest BCUT2D eigenvalue weighted by atomic mass is 10.2. The van der Waals surface area contributed by atoms with Crippen LogP contribution in [0.5, 0.6) is 0 Å². The van der Waals surface area contributed by atoms with Crippen LogP contribution in [0.1, 0.15) is 0 Å². The number of benzene rings is 1. The first-order valence-electron chi connectivity index (χ1n) is 5.88. The standard InChI is InChI=1S/C12H17N3O3S/c1-14-6-7-15(8-11(14)16)9-4-3-5-10(12(9)13)19(2,17)18/h3-5H,6-8,13H2,1-2H3. The largest absolute Gasteiger partial charge is 0.396 e. The van der Waals surface area contributed by atoms with Crippen molar-refractivity contribution >= 4 is 27.1 Å². The van der Waals surface area contributed by atoms with E-state index >= 15 is 0 Å². The maximum atomic E-state index is 11.7. The highest BCUT2D eigenvalue weighted by atomic mass is 32.2. The van der Waals surface area contributed by atoms with E-state index in [9.17, 15) is 13.2 Å². The molecule has 1 saturated heterocycles. The van der Waals surface area contributed by atoms with Gasteiger partial charge in [0.15, 0.2) is 9.84 Å². The van der Waals surface area contributed by atoms with Crippen molar-refractivity contribution in [2.45, 2.75) is 4.90 Å². The molecule has 6 nitrogen and oxygen atoms in total. The number of sulfone groups is 1. The van der Waals surface area contributed by atoms with Gasteiger partial charge in [0.2, 0.25) is 5.91 Å². The molecule has 1 heterocycles. The average Bonchev–Trinajstić information content (AvgIpc) is 2.32. The molecule has 2 rings (SSSR count). The predicted octanol–water partition coefficient (Wildman–Crippen LogP) is -0.0493. The van der Waals surface area contributed by atoms with Crippen LogP contribution in [-0.4, -0.2) is 52.2 Å². The van der Waals surface area contributed by atoms with E-state index in [2.05, 4.69) is 0 Å². The summed E-state index contributed by atoms with van der Waals surface area (Å²) in [4.78, 5) is 15.3. The normalized spacial score (nSPS) is 16.8. The third-order valence-electron chi connectivity index (χ3n) is 3.24. The summed E-state index contributed by atoms with van der Waals surface area (Å²) in [6, 6.07) is 4.86. The molecule has 1 aromatic rings. The Morgan fingerprint density at radius 2 is 1.95 bits per heavy atom. The molecule has 1 aliphatic heterocycles. The number of nitrogens with zero attached hydrogens (tertiary/aromatic N) is 2. The molecular weight excluding hydrogens is 266 g/mol. The molecule has 1 aliphatic rings. The monoisotopic (exact) mass is 283 g/mol. The third kappa shape index (κ3) is 2.65. The van der Waals surface area contributed by atoms with Crippen molar-refractivity contribution in [3.63, 3.8) is 0 Å². The van der Waals surface area contributed by atoms with Crippen LogP contribution in [-0.2, 0) is 14.6 Å². The smallest absolute Gasteiger partial charge is 0.241 e. The van der Waals surface area contributed by atoms with Crippen LogP contribution in [0.2, 0.25) is 0 Å². The lowest BCUT2D eigenvalue weighted by molar-refractivity contribution is -0.129. The van der Waals surface area contributed by atoms with Gasteiger partial charge in [-0.3, -0.25) is 4.79 Å². The van der Waals surface area contributed by atoms with Crippen molar-refractivity contribution in [3.05, 3.63) is 18.2 Å². The van der Waals surface area contributed by atoms with Gasteiger partial charge in [0.1, 0.15) is 0 Å². The summed E-state index contributed by atoms with van der Waals surface area (Å²) in [6.45, 7) is 1.45. The van der Waals surface area contributed by atoms with Crippen LogP contribution in [0, 0.1) is 0 Å². The molecule has 104 valence electrons. The molecule has 2 N–H and O–H groups in total. The van der Waals surface area contributed by atoms with Crippen LogP contribution in [0.15, 0.2) is 23.1 Å². The lowest BCUT2D eigenvalue weighted by Gasteiger charge is -2.34. The zero-order chi connectivity index (χ0) is 14.2. The van der Waals surface area contributed by atoms with E-state index in [0.717, 1.165) is 6.26 Å². The summed E-state index contributed by atoms with van der Waals surface area (Å²) in [7, 11) is -1.62. The van der Waals surface area contributed by atoms with Gasteiger partial charge in [0.05, 0.1) is 22.8 Å². The molecule has 1 fully saturated rings. The Morgan fingerprint density at radius 1 is 1.26 bits per heavy atom. The Bertz CT molecular complexity index is 613. The fourth-order valence-electron chi connectivity index (χ4n) is 2.10. The third-order valence-corrected chi connectivity index (χ3v) is 4.40. The maximum absolute atomic E-state index is 11.7. The number of para-hydroxylation sites is 1. The van der Waals surface area contributed by atoms with Gasteiger partial charge in [-0.05, 0) is 12.1 Å². The van der Waals surface area contributed by atoms with Crippen LogP contribution in [0.25, 0.3) is 0 Å². The number of nitrogens with two attached hydrogens (primary N) is 1. The molecule has 0 spiro atoms. The van der Waals surface area contributed by atoms with E-state index in [0.29, 0.717) is 18.8 Å². The second-order valence-corrected chi connectivity index (χ2v) is 6.68. The minimum absolute atomic E-state index is 0.00425. The number of rotatable bonds is 2. The first kappa shape index (κ1) is 13.7.